The van der Waals surface area contributed by atoms with Gasteiger partial charge in [-0.25, -0.2) is 9.67 Å². The summed E-state index contributed by atoms with van der Waals surface area (Å²) in [7, 11) is 2.09. The zero-order chi connectivity index (χ0) is 20.7. The van der Waals surface area contributed by atoms with Crippen LogP contribution in [0.15, 0.2) is 65.7 Å². The van der Waals surface area contributed by atoms with Gasteiger partial charge in [0.05, 0.1) is 29.9 Å². The fourth-order valence-electron chi connectivity index (χ4n) is 4.14. The molecule has 0 radical (unpaired) electrons. The van der Waals surface area contributed by atoms with E-state index in [4.69, 9.17) is 26.6 Å². The first-order valence-corrected chi connectivity index (χ1v) is 12.8. The zero-order valence-corrected chi connectivity index (χ0v) is 18.8. The van der Waals surface area contributed by atoms with Crippen molar-refractivity contribution >= 4 is 35.1 Å². The molecule has 2 aliphatic rings. The smallest absolute Gasteiger partial charge is 0.169 e. The molecular formula is C22H24N5OPS. The lowest BCUT2D eigenvalue weighted by Crippen LogP contribution is -2.45. The van der Waals surface area contributed by atoms with E-state index in [1.54, 1.807) is 0 Å². The van der Waals surface area contributed by atoms with Gasteiger partial charge in [0.2, 0.25) is 0 Å². The fourth-order valence-corrected chi connectivity index (χ4v) is 8.46. The highest BCUT2D eigenvalue weighted by Gasteiger charge is 2.43. The number of hydrogen-bond donors (Lipinski definition) is 0. The highest BCUT2D eigenvalue weighted by molar-refractivity contribution is 8.16. The Kier molecular flexibility index (Phi) is 5.07. The third-order valence-electron chi connectivity index (χ3n) is 5.62. The molecule has 0 bridgehead atoms. The number of aryl methyl sites for hydroxylation is 1. The average Bonchev–Trinajstić information content (AvgIpc) is 3.14. The van der Waals surface area contributed by atoms with Crippen LogP contribution in [0.4, 0.5) is 5.82 Å². The van der Waals surface area contributed by atoms with Crippen molar-refractivity contribution < 1.29 is 4.74 Å². The number of benzene rings is 2. The number of morpholine rings is 1. The number of para-hydroxylation sites is 1. The quantitative estimate of drug-likeness (QED) is 0.588. The van der Waals surface area contributed by atoms with Gasteiger partial charge >= 0.3 is 0 Å². The first kappa shape index (κ1) is 19.6. The molecule has 6 nitrogen and oxygen atoms in total. The minimum absolute atomic E-state index is 0.700. The van der Waals surface area contributed by atoms with E-state index >= 15 is 0 Å². The van der Waals surface area contributed by atoms with Crippen LogP contribution in [0.3, 0.4) is 0 Å². The molecule has 0 aliphatic carbocycles. The lowest BCUT2D eigenvalue weighted by atomic mass is 10.2. The van der Waals surface area contributed by atoms with E-state index in [-0.39, 0.29) is 0 Å². The molecule has 30 heavy (non-hydrogen) atoms. The summed E-state index contributed by atoms with van der Waals surface area (Å²) >= 11 is 6.55. The third kappa shape index (κ3) is 3.05. The van der Waals surface area contributed by atoms with Gasteiger partial charge in [-0.15, -0.1) is 0 Å². The summed E-state index contributed by atoms with van der Waals surface area (Å²) in [4.78, 5) is 5.13. The molecule has 1 aromatic heterocycles. The van der Waals surface area contributed by atoms with Gasteiger partial charge in [-0.2, -0.15) is 5.10 Å². The maximum absolute atomic E-state index is 6.55. The van der Waals surface area contributed by atoms with Gasteiger partial charge in [-0.1, -0.05) is 60.3 Å². The molecule has 1 fully saturated rings. The maximum atomic E-state index is 6.55. The van der Waals surface area contributed by atoms with Crippen LogP contribution in [-0.4, -0.2) is 58.3 Å². The molecule has 1 saturated heterocycles. The van der Waals surface area contributed by atoms with Crippen LogP contribution in [0.2, 0.25) is 0 Å². The second-order valence-corrected chi connectivity index (χ2v) is 11.7. The lowest BCUT2D eigenvalue weighted by Gasteiger charge is -2.45. The molecule has 2 aromatic carbocycles. The Labute approximate surface area is 181 Å². The largest absolute Gasteiger partial charge is 0.379 e. The normalized spacial score (nSPS) is 21.9. The molecule has 2 aliphatic heterocycles. The van der Waals surface area contributed by atoms with Crippen LogP contribution in [0, 0.1) is 6.92 Å². The van der Waals surface area contributed by atoms with Crippen LogP contribution >= 0.6 is 6.34 Å². The number of hydrogen-bond acceptors (Lipinski definition) is 4. The zero-order valence-electron chi connectivity index (χ0n) is 17.1. The van der Waals surface area contributed by atoms with Crippen LogP contribution in [0.5, 0.6) is 0 Å². The molecule has 0 saturated carbocycles. The Hall–Kier alpha value is -2.31. The minimum atomic E-state index is -2.32. The summed E-state index contributed by atoms with van der Waals surface area (Å²) in [6.07, 6.45) is -2.32. The van der Waals surface area contributed by atoms with Crippen LogP contribution < -0.4 is 5.30 Å². The Morgan fingerprint density at radius 3 is 2.27 bits per heavy atom. The van der Waals surface area contributed by atoms with E-state index in [0.29, 0.717) is 13.2 Å². The Balaban J connectivity index is 1.77. The molecule has 0 spiro atoms. The van der Waals surface area contributed by atoms with Gasteiger partial charge in [0.15, 0.2) is 5.82 Å². The monoisotopic (exact) mass is 437 g/mol. The van der Waals surface area contributed by atoms with Crippen LogP contribution in [0.25, 0.3) is 5.69 Å². The van der Waals surface area contributed by atoms with Crippen molar-refractivity contribution in [2.75, 3.05) is 33.4 Å². The molecule has 154 valence electrons. The van der Waals surface area contributed by atoms with Gasteiger partial charge in [-0.05, 0) is 19.1 Å². The van der Waals surface area contributed by atoms with Crippen LogP contribution in [-0.2, 0) is 16.5 Å². The van der Waals surface area contributed by atoms with E-state index in [1.165, 1.54) is 0 Å². The third-order valence-corrected chi connectivity index (χ3v) is 10.9. The molecule has 0 N–H and O–H groups in total. The Morgan fingerprint density at radius 1 is 0.967 bits per heavy atom. The Morgan fingerprint density at radius 2 is 1.60 bits per heavy atom. The standard InChI is InChI=1S/C22H24N5OPS/c1-17-20-22(27(24-17)19-11-7-4-8-12-19)23-21(18-9-5-3-6-10-18)25(2)29(20,30)26-13-15-28-16-14-26/h3-12H,13-16H2,1-2H3. The summed E-state index contributed by atoms with van der Waals surface area (Å²) < 4.78 is 12.2. The molecule has 0 amide bonds. The molecule has 3 aromatic rings. The first-order chi connectivity index (χ1) is 14.6. The second kappa shape index (κ2) is 7.75. The lowest BCUT2D eigenvalue weighted by molar-refractivity contribution is 0.0738. The van der Waals surface area contributed by atoms with Crippen molar-refractivity contribution in [1.82, 2.24) is 19.1 Å². The van der Waals surface area contributed by atoms with E-state index in [1.807, 2.05) is 41.1 Å². The van der Waals surface area contributed by atoms with Gasteiger partial charge in [0.25, 0.3) is 0 Å². The number of nitrogens with zero attached hydrogens (tertiary/aromatic N) is 5. The molecule has 3 heterocycles. The van der Waals surface area contributed by atoms with Crippen molar-refractivity contribution in [3.8, 4) is 5.69 Å². The number of aliphatic imine (C=N–C) groups is 1. The second-order valence-electron chi connectivity index (χ2n) is 7.44. The van der Waals surface area contributed by atoms with Crippen molar-refractivity contribution in [2.24, 2.45) is 4.99 Å². The van der Waals surface area contributed by atoms with Gasteiger partial charge < -0.3 is 9.41 Å². The molecule has 1 unspecified atom stereocenters. The highest BCUT2D eigenvalue weighted by atomic mass is 32.4. The summed E-state index contributed by atoms with van der Waals surface area (Å²) in [6.45, 7) is 5.09. The summed E-state index contributed by atoms with van der Waals surface area (Å²) in [5.74, 6) is 1.75. The number of rotatable bonds is 3. The average molecular weight is 438 g/mol. The summed E-state index contributed by atoms with van der Waals surface area (Å²) in [5, 5.41) is 5.99. The van der Waals surface area contributed by atoms with E-state index in [9.17, 15) is 0 Å². The molecular weight excluding hydrogens is 413 g/mol. The fraction of sp³-hybridized carbons (Fsp3) is 0.273. The van der Waals surface area contributed by atoms with Gasteiger partial charge in [0.1, 0.15) is 12.2 Å². The number of ether oxygens (including phenoxy) is 1. The van der Waals surface area contributed by atoms with Gasteiger partial charge in [0, 0.05) is 25.7 Å². The summed E-state index contributed by atoms with van der Waals surface area (Å²) in [6, 6.07) is 20.5. The van der Waals surface area contributed by atoms with Crippen LogP contribution in [0.1, 0.15) is 11.3 Å². The minimum Gasteiger partial charge on any atom is -0.379 e. The molecule has 1 atom stereocenters. The SMILES string of the molecule is Cc1nn(-c2ccccc2)c2c1P(=S)(N1CCOCC1)N(C)C(c1ccccc1)=N2. The van der Waals surface area contributed by atoms with E-state index in [2.05, 4.69) is 47.6 Å². The molecule has 8 heteroatoms. The topological polar surface area (TPSA) is 45.9 Å². The van der Waals surface area contributed by atoms with Crippen molar-refractivity contribution in [2.45, 2.75) is 6.92 Å². The predicted molar refractivity (Wildman–Crippen MR) is 125 cm³/mol. The van der Waals surface area contributed by atoms with Crippen molar-refractivity contribution in [3.63, 3.8) is 0 Å². The number of fused-ring (bicyclic) bond motifs is 1. The van der Waals surface area contributed by atoms with E-state index < -0.39 is 6.34 Å². The summed E-state index contributed by atoms with van der Waals surface area (Å²) in [5.41, 5.74) is 3.00. The van der Waals surface area contributed by atoms with E-state index in [0.717, 1.165) is 47.0 Å². The Bertz CT molecular complexity index is 1140. The first-order valence-electron chi connectivity index (χ1n) is 10.1. The van der Waals surface area contributed by atoms with Crippen molar-refractivity contribution in [3.05, 3.63) is 71.9 Å². The maximum Gasteiger partial charge on any atom is 0.169 e. The van der Waals surface area contributed by atoms with Crippen molar-refractivity contribution in [1.29, 1.82) is 0 Å². The number of amidine groups is 1. The number of aromatic nitrogens is 2. The van der Waals surface area contributed by atoms with Gasteiger partial charge in [-0.3, -0.25) is 4.67 Å². The molecule has 5 rings (SSSR count). The predicted octanol–water partition coefficient (Wildman–Crippen LogP) is 3.47. The highest BCUT2D eigenvalue weighted by Crippen LogP contribution is 2.57.